The Kier molecular flexibility index (Phi) is 5.52. The summed E-state index contributed by atoms with van der Waals surface area (Å²) >= 11 is 6.01. The van der Waals surface area contributed by atoms with Crippen LogP contribution in [0.3, 0.4) is 0 Å². The molecule has 1 atom stereocenters. The fourth-order valence-corrected chi connectivity index (χ4v) is 2.85. The lowest BCUT2D eigenvalue weighted by molar-refractivity contribution is 0.0976. The van der Waals surface area contributed by atoms with Crippen molar-refractivity contribution in [2.75, 3.05) is 5.32 Å². The van der Waals surface area contributed by atoms with Gasteiger partial charge in [0.25, 0.3) is 0 Å². The van der Waals surface area contributed by atoms with Gasteiger partial charge >= 0.3 is 0 Å². The van der Waals surface area contributed by atoms with Crippen molar-refractivity contribution in [2.45, 2.75) is 19.4 Å². The molecule has 0 saturated heterocycles. The van der Waals surface area contributed by atoms with E-state index in [0.29, 0.717) is 11.4 Å². The van der Waals surface area contributed by atoms with Crippen LogP contribution >= 0.6 is 11.6 Å². The van der Waals surface area contributed by atoms with Crippen LogP contribution in [0.2, 0.25) is 5.02 Å². The maximum Gasteiger partial charge on any atom is 0.165 e. The molecule has 0 aromatic heterocycles. The molecule has 0 aliphatic heterocycles. The number of para-hydroxylation sites is 1. The minimum Gasteiger partial charge on any atom is -0.378 e. The van der Waals surface area contributed by atoms with Crippen molar-refractivity contribution in [3.63, 3.8) is 0 Å². The van der Waals surface area contributed by atoms with Crippen molar-refractivity contribution in [1.29, 1.82) is 0 Å². The van der Waals surface area contributed by atoms with Crippen molar-refractivity contribution in [2.24, 2.45) is 0 Å². The fraction of sp³-hybridized carbons (Fsp3) is 0.136. The average molecular weight is 350 g/mol. The second kappa shape index (κ2) is 8.00. The Bertz CT molecular complexity index is 826. The molecular formula is C22H20ClNO. The molecule has 25 heavy (non-hydrogen) atoms. The fourth-order valence-electron chi connectivity index (χ4n) is 2.73. The Morgan fingerprint density at radius 1 is 0.920 bits per heavy atom. The first-order chi connectivity index (χ1) is 12.1. The molecule has 3 aromatic carbocycles. The van der Waals surface area contributed by atoms with Gasteiger partial charge < -0.3 is 5.32 Å². The molecule has 1 unspecified atom stereocenters. The van der Waals surface area contributed by atoms with Gasteiger partial charge in [-0.15, -0.1) is 0 Å². The highest BCUT2D eigenvalue weighted by atomic mass is 35.5. The lowest BCUT2D eigenvalue weighted by atomic mass is 9.97. The topological polar surface area (TPSA) is 29.1 Å². The summed E-state index contributed by atoms with van der Waals surface area (Å²) in [6, 6.07) is 25.2. The number of carbonyl (C=O) groups is 1. The quantitative estimate of drug-likeness (QED) is 0.547. The molecule has 2 nitrogen and oxygen atoms in total. The van der Waals surface area contributed by atoms with Gasteiger partial charge in [-0.1, -0.05) is 71.8 Å². The maximum absolute atomic E-state index is 12.7. The van der Waals surface area contributed by atoms with E-state index in [9.17, 15) is 4.79 Å². The van der Waals surface area contributed by atoms with Gasteiger partial charge in [-0.3, -0.25) is 4.79 Å². The van der Waals surface area contributed by atoms with E-state index in [1.54, 1.807) is 0 Å². The summed E-state index contributed by atoms with van der Waals surface area (Å²) in [4.78, 5) is 12.7. The van der Waals surface area contributed by atoms with Gasteiger partial charge in [0, 0.05) is 22.7 Å². The lowest BCUT2D eigenvalue weighted by Gasteiger charge is -2.20. The van der Waals surface area contributed by atoms with Gasteiger partial charge in [-0.05, 0) is 36.8 Å². The van der Waals surface area contributed by atoms with Crippen LogP contribution in [-0.4, -0.2) is 5.78 Å². The molecule has 0 radical (unpaired) electrons. The number of rotatable bonds is 6. The number of carbonyl (C=O) groups excluding carboxylic acids is 1. The largest absolute Gasteiger partial charge is 0.378 e. The Balaban J connectivity index is 1.83. The Hall–Kier alpha value is -2.58. The highest BCUT2D eigenvalue weighted by molar-refractivity contribution is 6.30. The van der Waals surface area contributed by atoms with Crippen LogP contribution < -0.4 is 5.32 Å². The number of aryl methyl sites for hydroxylation is 1. The van der Waals surface area contributed by atoms with E-state index in [4.69, 9.17) is 11.6 Å². The predicted octanol–water partition coefficient (Wildman–Crippen LogP) is 6.07. The minimum absolute atomic E-state index is 0.114. The van der Waals surface area contributed by atoms with E-state index in [2.05, 4.69) is 5.32 Å². The van der Waals surface area contributed by atoms with Crippen molar-refractivity contribution >= 4 is 23.1 Å². The predicted molar refractivity (Wildman–Crippen MR) is 104 cm³/mol. The summed E-state index contributed by atoms with van der Waals surface area (Å²) in [5.74, 6) is 0.114. The highest BCUT2D eigenvalue weighted by Crippen LogP contribution is 2.25. The summed E-state index contributed by atoms with van der Waals surface area (Å²) in [6.45, 7) is 2.02. The zero-order chi connectivity index (χ0) is 17.6. The molecule has 0 aliphatic rings. The number of halogens is 1. The molecule has 3 rings (SSSR count). The van der Waals surface area contributed by atoms with E-state index in [0.717, 1.165) is 22.4 Å². The van der Waals surface area contributed by atoms with Gasteiger partial charge in [0.1, 0.15) is 0 Å². The van der Waals surface area contributed by atoms with Crippen LogP contribution in [0.5, 0.6) is 0 Å². The minimum atomic E-state index is -0.117. The monoisotopic (exact) mass is 349 g/mol. The number of benzene rings is 3. The van der Waals surface area contributed by atoms with Crippen molar-refractivity contribution in [1.82, 2.24) is 0 Å². The highest BCUT2D eigenvalue weighted by Gasteiger charge is 2.17. The molecular weight excluding hydrogens is 330 g/mol. The van der Waals surface area contributed by atoms with Crippen LogP contribution in [0.4, 0.5) is 5.69 Å². The maximum atomic E-state index is 12.7. The Morgan fingerprint density at radius 2 is 1.56 bits per heavy atom. The van der Waals surface area contributed by atoms with Gasteiger partial charge in [-0.25, -0.2) is 0 Å². The molecule has 0 spiro atoms. The molecule has 3 heteroatoms. The first kappa shape index (κ1) is 17.2. The van der Waals surface area contributed by atoms with E-state index >= 15 is 0 Å². The average Bonchev–Trinajstić information content (AvgIpc) is 2.63. The van der Waals surface area contributed by atoms with E-state index in [1.807, 2.05) is 85.8 Å². The Morgan fingerprint density at radius 3 is 2.20 bits per heavy atom. The lowest BCUT2D eigenvalue weighted by Crippen LogP contribution is -2.15. The molecule has 0 amide bonds. The zero-order valence-corrected chi connectivity index (χ0v) is 14.8. The number of hydrogen-bond donors (Lipinski definition) is 1. The van der Waals surface area contributed by atoms with Crippen LogP contribution in [0.1, 0.15) is 33.9 Å². The van der Waals surface area contributed by atoms with Gasteiger partial charge in [0.05, 0.1) is 6.04 Å². The first-order valence-corrected chi connectivity index (χ1v) is 8.66. The molecule has 0 heterocycles. The Labute approximate surface area is 153 Å². The third kappa shape index (κ3) is 4.71. The number of hydrogen-bond acceptors (Lipinski definition) is 2. The van der Waals surface area contributed by atoms with Gasteiger partial charge in [-0.2, -0.15) is 0 Å². The molecule has 1 N–H and O–H groups in total. The summed E-state index contributed by atoms with van der Waals surface area (Å²) in [7, 11) is 0. The van der Waals surface area contributed by atoms with Gasteiger partial charge in [0.2, 0.25) is 0 Å². The molecule has 0 fully saturated rings. The molecule has 0 aliphatic carbocycles. The van der Waals surface area contributed by atoms with Crippen LogP contribution in [0.25, 0.3) is 0 Å². The second-order valence-electron chi connectivity index (χ2n) is 6.11. The van der Waals surface area contributed by atoms with Gasteiger partial charge in [0.15, 0.2) is 5.78 Å². The first-order valence-electron chi connectivity index (χ1n) is 8.29. The standard InChI is InChI=1S/C22H20ClNO/c1-16-7-9-18(10-8-16)22(25)15-21(17-11-13-19(23)14-12-17)24-20-5-3-2-4-6-20/h2-14,21,24H,15H2,1H3. The third-order valence-corrected chi connectivity index (χ3v) is 4.40. The van der Waals surface area contributed by atoms with Crippen LogP contribution in [0, 0.1) is 6.92 Å². The van der Waals surface area contributed by atoms with Crippen LogP contribution in [-0.2, 0) is 0 Å². The van der Waals surface area contributed by atoms with Crippen molar-refractivity contribution in [3.05, 3.63) is 101 Å². The molecule has 3 aromatic rings. The van der Waals surface area contributed by atoms with E-state index in [-0.39, 0.29) is 11.8 Å². The summed E-state index contributed by atoms with van der Waals surface area (Å²) < 4.78 is 0. The van der Waals surface area contributed by atoms with Crippen molar-refractivity contribution in [3.8, 4) is 0 Å². The summed E-state index contributed by atoms with van der Waals surface area (Å²) in [5.41, 5.74) is 3.90. The second-order valence-corrected chi connectivity index (χ2v) is 6.54. The molecule has 126 valence electrons. The summed E-state index contributed by atoms with van der Waals surface area (Å²) in [6.07, 6.45) is 0.375. The number of Topliss-reactive ketones (excluding diaryl/α,β-unsaturated/α-hetero) is 1. The number of nitrogens with one attached hydrogen (secondary N) is 1. The number of ketones is 1. The SMILES string of the molecule is Cc1ccc(C(=O)CC(Nc2ccccc2)c2ccc(Cl)cc2)cc1. The van der Waals surface area contributed by atoms with Crippen LogP contribution in [0.15, 0.2) is 78.9 Å². The smallest absolute Gasteiger partial charge is 0.165 e. The van der Waals surface area contributed by atoms with Crippen molar-refractivity contribution < 1.29 is 4.79 Å². The normalized spacial score (nSPS) is 11.8. The summed E-state index contributed by atoms with van der Waals surface area (Å²) in [5, 5.41) is 4.15. The zero-order valence-electron chi connectivity index (χ0n) is 14.1. The number of anilines is 1. The molecule has 0 bridgehead atoms. The third-order valence-electron chi connectivity index (χ3n) is 4.15. The molecule has 0 saturated carbocycles. The van der Waals surface area contributed by atoms with E-state index in [1.165, 1.54) is 0 Å². The van der Waals surface area contributed by atoms with E-state index < -0.39 is 0 Å².